The highest BCUT2D eigenvalue weighted by Gasteiger charge is 2.30. The largest absolute Gasteiger partial charge is 0.350 e. The molecular weight excluding hydrogens is 478 g/mol. The molecule has 1 N–H and O–H groups in total. The molecule has 1 atom stereocenters. The zero-order chi connectivity index (χ0) is 25.8. The van der Waals surface area contributed by atoms with Crippen LogP contribution >= 0.6 is 11.8 Å². The van der Waals surface area contributed by atoms with Crippen LogP contribution in [0.5, 0.6) is 0 Å². The molecule has 1 unspecified atom stereocenters. The number of aryl methyl sites for hydroxylation is 1. The second-order valence-electron chi connectivity index (χ2n) is 9.72. The maximum absolute atomic E-state index is 13.8. The second-order valence-corrected chi connectivity index (χ2v) is 10.8. The molecule has 1 fully saturated rings. The van der Waals surface area contributed by atoms with Crippen molar-refractivity contribution in [3.63, 3.8) is 0 Å². The molecule has 3 aromatic rings. The van der Waals surface area contributed by atoms with Gasteiger partial charge in [0, 0.05) is 23.0 Å². The van der Waals surface area contributed by atoms with Gasteiger partial charge in [-0.15, -0.1) is 0 Å². The van der Waals surface area contributed by atoms with E-state index < -0.39 is 0 Å². The van der Waals surface area contributed by atoms with Crippen LogP contribution in [0.25, 0.3) is 6.08 Å². The molecule has 2 heterocycles. The van der Waals surface area contributed by atoms with Crippen molar-refractivity contribution >= 4 is 35.3 Å². The average Bonchev–Trinajstić information content (AvgIpc) is 3.38. The SMILES string of the molecule is CCN1CCCC1CNC(=O)c1ccc2c(c1)N(Cc1cccc(C)c1)C(=O)C(=Cc1ccccc1)S2. The molecule has 1 saturated heterocycles. The molecule has 2 aliphatic heterocycles. The van der Waals surface area contributed by atoms with Gasteiger partial charge in [0.15, 0.2) is 0 Å². The quantitative estimate of drug-likeness (QED) is 0.402. The minimum atomic E-state index is -0.0932. The molecule has 3 aromatic carbocycles. The number of carbonyl (C=O) groups is 2. The molecule has 0 bridgehead atoms. The molecule has 5 rings (SSSR count). The normalized spacial score (nSPS) is 18.8. The summed E-state index contributed by atoms with van der Waals surface area (Å²) in [7, 11) is 0. The summed E-state index contributed by atoms with van der Waals surface area (Å²) in [4.78, 5) is 32.8. The van der Waals surface area contributed by atoms with Gasteiger partial charge in [-0.2, -0.15) is 0 Å². The Morgan fingerprint density at radius 2 is 1.92 bits per heavy atom. The van der Waals surface area contributed by atoms with E-state index in [1.165, 1.54) is 18.2 Å². The predicted molar refractivity (Wildman–Crippen MR) is 152 cm³/mol. The molecule has 190 valence electrons. The van der Waals surface area contributed by atoms with Gasteiger partial charge in [0.25, 0.3) is 11.8 Å². The van der Waals surface area contributed by atoms with E-state index in [1.54, 1.807) is 0 Å². The molecule has 0 aliphatic carbocycles. The van der Waals surface area contributed by atoms with Gasteiger partial charge in [-0.1, -0.05) is 78.8 Å². The van der Waals surface area contributed by atoms with Gasteiger partial charge in [0.2, 0.25) is 0 Å². The van der Waals surface area contributed by atoms with Crippen molar-refractivity contribution in [2.75, 3.05) is 24.5 Å². The lowest BCUT2D eigenvalue weighted by Gasteiger charge is -2.31. The number of nitrogens with zero attached hydrogens (tertiary/aromatic N) is 2. The van der Waals surface area contributed by atoms with Gasteiger partial charge in [0.05, 0.1) is 17.1 Å². The third-order valence-corrected chi connectivity index (χ3v) is 8.19. The minimum Gasteiger partial charge on any atom is -0.350 e. The number of benzene rings is 3. The van der Waals surface area contributed by atoms with Crippen molar-refractivity contribution < 1.29 is 9.59 Å². The van der Waals surface area contributed by atoms with Crippen molar-refractivity contribution in [2.24, 2.45) is 0 Å². The lowest BCUT2D eigenvalue weighted by atomic mass is 10.1. The lowest BCUT2D eigenvalue weighted by molar-refractivity contribution is -0.114. The monoisotopic (exact) mass is 511 g/mol. The first-order chi connectivity index (χ1) is 18.0. The number of fused-ring (bicyclic) bond motifs is 1. The first-order valence-corrected chi connectivity index (χ1v) is 13.8. The average molecular weight is 512 g/mol. The number of amides is 2. The summed E-state index contributed by atoms with van der Waals surface area (Å²) in [5.74, 6) is -0.144. The van der Waals surface area contributed by atoms with E-state index in [0.29, 0.717) is 29.6 Å². The van der Waals surface area contributed by atoms with Crippen molar-refractivity contribution in [1.29, 1.82) is 0 Å². The fourth-order valence-corrected chi connectivity index (χ4v) is 6.20. The van der Waals surface area contributed by atoms with Crippen molar-refractivity contribution in [3.05, 3.63) is 100.0 Å². The zero-order valence-corrected chi connectivity index (χ0v) is 22.3. The summed E-state index contributed by atoms with van der Waals surface area (Å²) in [6, 6.07) is 24.2. The van der Waals surface area contributed by atoms with Crippen LogP contribution in [0.2, 0.25) is 0 Å². The Morgan fingerprint density at radius 1 is 1.08 bits per heavy atom. The van der Waals surface area contributed by atoms with E-state index in [9.17, 15) is 9.59 Å². The molecule has 5 nitrogen and oxygen atoms in total. The summed E-state index contributed by atoms with van der Waals surface area (Å²) < 4.78 is 0. The van der Waals surface area contributed by atoms with Crippen molar-refractivity contribution in [1.82, 2.24) is 10.2 Å². The number of likely N-dealkylation sites (tertiary alicyclic amines) is 1. The molecule has 0 spiro atoms. The zero-order valence-electron chi connectivity index (χ0n) is 21.4. The first kappa shape index (κ1) is 25.3. The number of nitrogens with one attached hydrogen (secondary N) is 1. The smallest absolute Gasteiger partial charge is 0.265 e. The molecule has 0 saturated carbocycles. The number of thioether (sulfide) groups is 1. The highest BCUT2D eigenvalue weighted by Crippen LogP contribution is 2.43. The van der Waals surface area contributed by atoms with E-state index in [2.05, 4.69) is 36.2 Å². The van der Waals surface area contributed by atoms with Crippen LogP contribution in [0.15, 0.2) is 82.6 Å². The summed E-state index contributed by atoms with van der Waals surface area (Å²) >= 11 is 1.47. The number of hydrogen-bond acceptors (Lipinski definition) is 4. The highest BCUT2D eigenvalue weighted by molar-refractivity contribution is 8.04. The number of anilines is 1. The maximum Gasteiger partial charge on any atom is 0.265 e. The Hall–Kier alpha value is -3.35. The maximum atomic E-state index is 13.8. The van der Waals surface area contributed by atoms with Gasteiger partial charge >= 0.3 is 0 Å². The van der Waals surface area contributed by atoms with Crippen LogP contribution in [-0.2, 0) is 11.3 Å². The van der Waals surface area contributed by atoms with Gasteiger partial charge in [-0.05, 0) is 68.3 Å². The topological polar surface area (TPSA) is 52.7 Å². The Balaban J connectivity index is 1.44. The predicted octanol–water partition coefficient (Wildman–Crippen LogP) is 5.89. The van der Waals surface area contributed by atoms with Crippen LogP contribution in [0, 0.1) is 6.92 Å². The van der Waals surface area contributed by atoms with Crippen LogP contribution in [0.3, 0.4) is 0 Å². The summed E-state index contributed by atoms with van der Waals surface area (Å²) in [6.45, 7) is 7.42. The van der Waals surface area contributed by atoms with Crippen molar-refractivity contribution in [3.8, 4) is 0 Å². The molecule has 0 radical (unpaired) electrons. The van der Waals surface area contributed by atoms with Gasteiger partial charge < -0.3 is 10.2 Å². The summed E-state index contributed by atoms with van der Waals surface area (Å²) in [5, 5.41) is 3.13. The standard InChI is InChI=1S/C31H33N3O2S/c1-3-33-16-8-13-26(33)20-32-30(35)25-14-15-28-27(19-25)34(21-24-12-7-9-22(2)17-24)31(36)29(37-28)18-23-10-5-4-6-11-23/h4-7,9-12,14-15,17-19,26H,3,8,13,16,20-21H2,1-2H3,(H,32,35). The Bertz CT molecular complexity index is 1320. The number of likely N-dealkylation sites (N-methyl/N-ethyl adjacent to an activating group) is 1. The molecular formula is C31H33N3O2S. The van der Waals surface area contributed by atoms with Gasteiger partial charge in [-0.3, -0.25) is 14.5 Å². The van der Waals surface area contributed by atoms with Crippen LogP contribution in [0.4, 0.5) is 5.69 Å². The van der Waals surface area contributed by atoms with E-state index in [1.807, 2.05) is 71.6 Å². The fraction of sp³-hybridized carbons (Fsp3) is 0.290. The van der Waals surface area contributed by atoms with Crippen LogP contribution < -0.4 is 10.2 Å². The van der Waals surface area contributed by atoms with E-state index in [0.717, 1.165) is 46.8 Å². The summed E-state index contributed by atoms with van der Waals surface area (Å²) in [5.41, 5.74) is 4.56. The van der Waals surface area contributed by atoms with Crippen molar-refractivity contribution in [2.45, 2.75) is 44.2 Å². The number of carbonyl (C=O) groups excluding carboxylic acids is 2. The Kier molecular flexibility index (Phi) is 7.77. The Morgan fingerprint density at radius 3 is 2.70 bits per heavy atom. The molecule has 37 heavy (non-hydrogen) atoms. The molecule has 6 heteroatoms. The van der Waals surface area contributed by atoms with Crippen LogP contribution in [-0.4, -0.2) is 42.4 Å². The fourth-order valence-electron chi connectivity index (χ4n) is 5.16. The van der Waals surface area contributed by atoms with E-state index in [-0.39, 0.29) is 11.8 Å². The summed E-state index contributed by atoms with van der Waals surface area (Å²) in [6.07, 6.45) is 4.24. The lowest BCUT2D eigenvalue weighted by Crippen LogP contribution is -2.40. The third kappa shape index (κ3) is 5.81. The Labute approximate surface area is 223 Å². The third-order valence-electron chi connectivity index (χ3n) is 7.11. The van der Waals surface area contributed by atoms with Gasteiger partial charge in [0.1, 0.15) is 0 Å². The molecule has 0 aromatic heterocycles. The molecule has 2 aliphatic rings. The first-order valence-electron chi connectivity index (χ1n) is 13.0. The number of hydrogen-bond donors (Lipinski definition) is 1. The van der Waals surface area contributed by atoms with Gasteiger partial charge in [-0.25, -0.2) is 0 Å². The van der Waals surface area contributed by atoms with E-state index >= 15 is 0 Å². The molecule has 2 amide bonds. The van der Waals surface area contributed by atoms with Crippen LogP contribution in [0.1, 0.15) is 46.8 Å². The second kappa shape index (κ2) is 11.4. The van der Waals surface area contributed by atoms with E-state index in [4.69, 9.17) is 0 Å². The highest BCUT2D eigenvalue weighted by atomic mass is 32.2. The minimum absolute atomic E-state index is 0.0510. The number of rotatable bonds is 7.